The molecule has 136 valence electrons. The van der Waals surface area contributed by atoms with Crippen LogP contribution in [0.1, 0.15) is 18.4 Å². The Kier molecular flexibility index (Phi) is 5.65. The Balaban J connectivity index is 1.64. The molecule has 2 aliphatic rings. The van der Waals surface area contributed by atoms with Crippen molar-refractivity contribution < 1.29 is 18.7 Å². The van der Waals surface area contributed by atoms with Gasteiger partial charge in [-0.2, -0.15) is 0 Å². The van der Waals surface area contributed by atoms with Gasteiger partial charge in [-0.1, -0.05) is 12.1 Å². The number of carbonyl (C=O) groups excluding carboxylic acids is 2. The smallest absolute Gasteiger partial charge is 0.242 e. The van der Waals surface area contributed by atoms with E-state index in [-0.39, 0.29) is 24.2 Å². The Morgan fingerprint density at radius 2 is 2.16 bits per heavy atom. The molecule has 0 saturated carbocycles. The molecular weight excluding hydrogens is 325 g/mol. The van der Waals surface area contributed by atoms with E-state index in [9.17, 15) is 14.0 Å². The lowest BCUT2D eigenvalue weighted by molar-refractivity contribution is -0.151. The summed E-state index contributed by atoms with van der Waals surface area (Å²) in [5.41, 5.74) is 6.31. The third kappa shape index (κ3) is 4.35. The highest BCUT2D eigenvalue weighted by atomic mass is 19.1. The molecule has 2 fully saturated rings. The van der Waals surface area contributed by atoms with Gasteiger partial charge in [-0.25, -0.2) is 4.39 Å². The number of carbonyl (C=O) groups is 2. The van der Waals surface area contributed by atoms with Gasteiger partial charge in [0, 0.05) is 19.6 Å². The maximum atomic E-state index is 13.4. The molecule has 0 spiro atoms. The quantitative estimate of drug-likeness (QED) is 0.870. The summed E-state index contributed by atoms with van der Waals surface area (Å²) in [6, 6.07) is 5.85. The van der Waals surface area contributed by atoms with Crippen LogP contribution in [0.5, 0.6) is 0 Å². The third-order valence-electron chi connectivity index (χ3n) is 4.89. The molecule has 0 aliphatic carbocycles. The van der Waals surface area contributed by atoms with Gasteiger partial charge in [0.15, 0.2) is 0 Å². The number of nitrogens with two attached hydrogens (primary N) is 1. The molecule has 2 heterocycles. The number of hydrogen-bond donors (Lipinski definition) is 1. The maximum Gasteiger partial charge on any atom is 0.242 e. The third-order valence-corrected chi connectivity index (χ3v) is 4.89. The molecule has 0 unspecified atom stereocenters. The Hall–Kier alpha value is -1.99. The van der Waals surface area contributed by atoms with Crippen LogP contribution < -0.4 is 5.73 Å². The van der Waals surface area contributed by atoms with Crippen molar-refractivity contribution in [2.75, 3.05) is 32.8 Å². The lowest BCUT2D eigenvalue weighted by Crippen LogP contribution is -2.57. The van der Waals surface area contributed by atoms with E-state index in [4.69, 9.17) is 10.5 Å². The van der Waals surface area contributed by atoms with E-state index < -0.39 is 11.9 Å². The minimum atomic E-state index is -0.681. The van der Waals surface area contributed by atoms with Crippen LogP contribution in [0.2, 0.25) is 0 Å². The second kappa shape index (κ2) is 7.93. The zero-order valence-corrected chi connectivity index (χ0v) is 14.2. The predicted molar refractivity (Wildman–Crippen MR) is 89.9 cm³/mol. The van der Waals surface area contributed by atoms with Crippen LogP contribution in [-0.4, -0.2) is 60.5 Å². The number of primary amides is 1. The van der Waals surface area contributed by atoms with Crippen molar-refractivity contribution in [3.05, 3.63) is 35.6 Å². The van der Waals surface area contributed by atoms with Gasteiger partial charge in [0.05, 0.1) is 19.1 Å². The van der Waals surface area contributed by atoms with Crippen molar-refractivity contribution in [2.24, 2.45) is 11.7 Å². The van der Waals surface area contributed by atoms with Gasteiger partial charge in [0.2, 0.25) is 11.8 Å². The summed E-state index contributed by atoms with van der Waals surface area (Å²) in [7, 11) is 0. The molecular formula is C18H24FN3O3. The Morgan fingerprint density at radius 3 is 2.92 bits per heavy atom. The summed E-state index contributed by atoms with van der Waals surface area (Å²) in [6.07, 6.45) is 1.69. The number of piperidine rings is 1. The Labute approximate surface area is 146 Å². The fourth-order valence-electron chi connectivity index (χ4n) is 3.63. The van der Waals surface area contributed by atoms with Crippen LogP contribution in [-0.2, 0) is 20.9 Å². The van der Waals surface area contributed by atoms with Crippen LogP contribution in [0.3, 0.4) is 0 Å². The first kappa shape index (κ1) is 17.8. The highest BCUT2D eigenvalue weighted by molar-refractivity contribution is 5.88. The van der Waals surface area contributed by atoms with E-state index in [1.54, 1.807) is 11.0 Å². The minimum Gasteiger partial charge on any atom is -0.377 e. The summed E-state index contributed by atoms with van der Waals surface area (Å²) in [4.78, 5) is 28.2. The lowest BCUT2D eigenvalue weighted by Gasteiger charge is -2.39. The molecule has 1 aromatic carbocycles. The minimum absolute atomic E-state index is 0.0314. The van der Waals surface area contributed by atoms with Gasteiger partial charge in [-0.05, 0) is 37.1 Å². The number of halogens is 1. The van der Waals surface area contributed by atoms with E-state index in [0.29, 0.717) is 26.2 Å². The molecule has 2 saturated heterocycles. The number of benzene rings is 1. The first-order valence-electron chi connectivity index (χ1n) is 8.69. The zero-order valence-electron chi connectivity index (χ0n) is 14.2. The van der Waals surface area contributed by atoms with E-state index in [1.807, 2.05) is 6.07 Å². The molecule has 1 aromatic rings. The number of ether oxygens (including phenoxy) is 1. The fourth-order valence-corrected chi connectivity index (χ4v) is 3.63. The van der Waals surface area contributed by atoms with Crippen molar-refractivity contribution in [1.82, 2.24) is 9.80 Å². The van der Waals surface area contributed by atoms with Crippen LogP contribution in [0.4, 0.5) is 4.39 Å². The number of likely N-dealkylation sites (tertiary alicyclic amines) is 1. The van der Waals surface area contributed by atoms with E-state index in [0.717, 1.165) is 24.9 Å². The summed E-state index contributed by atoms with van der Waals surface area (Å²) in [5, 5.41) is 0. The summed E-state index contributed by atoms with van der Waals surface area (Å²) < 4.78 is 18.6. The highest BCUT2D eigenvalue weighted by Gasteiger charge is 2.36. The number of rotatable bonds is 4. The predicted octanol–water partition coefficient (Wildman–Crippen LogP) is 0.750. The van der Waals surface area contributed by atoms with E-state index >= 15 is 0 Å². The molecule has 0 bridgehead atoms. The van der Waals surface area contributed by atoms with Crippen LogP contribution in [0, 0.1) is 11.7 Å². The largest absolute Gasteiger partial charge is 0.377 e. The van der Waals surface area contributed by atoms with Gasteiger partial charge in [-0.3, -0.25) is 14.5 Å². The second-order valence-corrected chi connectivity index (χ2v) is 6.73. The molecule has 7 heteroatoms. The van der Waals surface area contributed by atoms with Gasteiger partial charge in [-0.15, -0.1) is 0 Å². The van der Waals surface area contributed by atoms with Crippen molar-refractivity contribution in [3.63, 3.8) is 0 Å². The number of morpholine rings is 1. The molecule has 2 amide bonds. The van der Waals surface area contributed by atoms with E-state index in [1.165, 1.54) is 12.1 Å². The number of amides is 2. The standard InChI is InChI=1S/C18H24FN3O3/c19-15-5-1-3-13(9-15)10-21-6-2-4-14(11-21)18(24)22-7-8-25-12-16(22)17(20)23/h1,3,5,9,14,16H,2,4,6-8,10-12H2,(H2,20,23)/t14-,16+/m1/s1. The first-order valence-corrected chi connectivity index (χ1v) is 8.69. The Morgan fingerprint density at radius 1 is 1.32 bits per heavy atom. The first-order chi connectivity index (χ1) is 12.0. The number of hydrogen-bond acceptors (Lipinski definition) is 4. The average molecular weight is 349 g/mol. The van der Waals surface area contributed by atoms with Gasteiger partial charge in [0.1, 0.15) is 11.9 Å². The highest BCUT2D eigenvalue weighted by Crippen LogP contribution is 2.22. The van der Waals surface area contributed by atoms with Crippen LogP contribution in [0.25, 0.3) is 0 Å². The zero-order chi connectivity index (χ0) is 17.8. The average Bonchev–Trinajstić information content (AvgIpc) is 2.61. The molecule has 3 rings (SSSR count). The fraction of sp³-hybridized carbons (Fsp3) is 0.556. The monoisotopic (exact) mass is 349 g/mol. The van der Waals surface area contributed by atoms with Gasteiger partial charge in [0.25, 0.3) is 0 Å². The van der Waals surface area contributed by atoms with Crippen molar-refractivity contribution in [1.29, 1.82) is 0 Å². The molecule has 0 aromatic heterocycles. The second-order valence-electron chi connectivity index (χ2n) is 6.73. The molecule has 25 heavy (non-hydrogen) atoms. The van der Waals surface area contributed by atoms with Crippen LogP contribution in [0.15, 0.2) is 24.3 Å². The molecule has 6 nitrogen and oxygen atoms in total. The lowest BCUT2D eigenvalue weighted by atomic mass is 9.95. The summed E-state index contributed by atoms with van der Waals surface area (Å²) in [5.74, 6) is -0.974. The Bertz CT molecular complexity index is 640. The topological polar surface area (TPSA) is 75.9 Å². The van der Waals surface area contributed by atoms with Crippen molar-refractivity contribution in [2.45, 2.75) is 25.4 Å². The molecule has 0 radical (unpaired) electrons. The maximum absolute atomic E-state index is 13.4. The molecule has 2 atom stereocenters. The van der Waals surface area contributed by atoms with Gasteiger partial charge >= 0.3 is 0 Å². The molecule has 2 N–H and O–H groups in total. The van der Waals surface area contributed by atoms with Crippen LogP contribution >= 0.6 is 0 Å². The SMILES string of the molecule is NC(=O)[C@@H]1COCCN1C(=O)[C@@H]1CCCN(Cc2cccc(F)c2)C1. The summed E-state index contributed by atoms with van der Waals surface area (Å²) >= 11 is 0. The van der Waals surface area contributed by atoms with Crippen molar-refractivity contribution >= 4 is 11.8 Å². The number of nitrogens with zero attached hydrogens (tertiary/aromatic N) is 2. The van der Waals surface area contributed by atoms with Gasteiger partial charge < -0.3 is 15.4 Å². The van der Waals surface area contributed by atoms with E-state index in [2.05, 4.69) is 4.90 Å². The normalized spacial score (nSPS) is 24.9. The molecule has 2 aliphatic heterocycles. The summed E-state index contributed by atoms with van der Waals surface area (Å²) in [6.45, 7) is 3.09. The van der Waals surface area contributed by atoms with Crippen molar-refractivity contribution in [3.8, 4) is 0 Å².